The molecular weight excluding hydrogens is 343 g/mol. The Morgan fingerprint density at radius 1 is 1.12 bits per heavy atom. The first-order valence-electron chi connectivity index (χ1n) is 7.51. The largest absolute Gasteiger partial charge is 0.475 e. The van der Waals surface area contributed by atoms with Gasteiger partial charge in [-0.25, -0.2) is 9.18 Å². The quantitative estimate of drug-likeness (QED) is 0.661. The Balaban J connectivity index is 1.43. The molecule has 1 aromatic carbocycles. The SMILES string of the molecule is O=C(NCCOc1ccc(-c2ccc(F)cc2)nn1)Nc1cccs1. The van der Waals surface area contributed by atoms with E-state index in [9.17, 15) is 9.18 Å². The van der Waals surface area contributed by atoms with Crippen LogP contribution in [0.1, 0.15) is 0 Å². The summed E-state index contributed by atoms with van der Waals surface area (Å²) in [6, 6.07) is 12.8. The first kappa shape index (κ1) is 16.8. The standard InChI is InChI=1S/C17H15FN4O2S/c18-13-5-3-12(4-6-13)14-7-8-15(22-21-14)24-10-9-19-17(23)20-16-2-1-11-25-16/h1-8,11H,9-10H2,(H2,19,20,23). The van der Waals surface area contributed by atoms with Crippen molar-refractivity contribution in [1.82, 2.24) is 15.5 Å². The summed E-state index contributed by atoms with van der Waals surface area (Å²) in [4.78, 5) is 11.6. The summed E-state index contributed by atoms with van der Waals surface area (Å²) in [6.45, 7) is 0.598. The van der Waals surface area contributed by atoms with Crippen LogP contribution in [-0.4, -0.2) is 29.4 Å². The van der Waals surface area contributed by atoms with E-state index in [-0.39, 0.29) is 18.5 Å². The van der Waals surface area contributed by atoms with Crippen LogP contribution in [0, 0.1) is 5.82 Å². The van der Waals surface area contributed by atoms with E-state index in [4.69, 9.17) is 4.74 Å². The molecule has 8 heteroatoms. The maximum Gasteiger partial charge on any atom is 0.319 e. The minimum atomic E-state index is -0.299. The van der Waals surface area contributed by atoms with E-state index < -0.39 is 0 Å². The molecule has 25 heavy (non-hydrogen) atoms. The number of carbonyl (C=O) groups excluding carboxylic acids is 1. The highest BCUT2D eigenvalue weighted by Crippen LogP contribution is 2.18. The topological polar surface area (TPSA) is 76.1 Å². The van der Waals surface area contributed by atoms with Gasteiger partial charge in [-0.15, -0.1) is 21.5 Å². The van der Waals surface area contributed by atoms with Gasteiger partial charge in [-0.05, 0) is 47.8 Å². The lowest BCUT2D eigenvalue weighted by Crippen LogP contribution is -2.32. The highest BCUT2D eigenvalue weighted by Gasteiger charge is 2.04. The van der Waals surface area contributed by atoms with Crippen LogP contribution in [-0.2, 0) is 0 Å². The van der Waals surface area contributed by atoms with Crippen LogP contribution in [0.4, 0.5) is 14.2 Å². The number of aromatic nitrogens is 2. The molecule has 6 nitrogen and oxygen atoms in total. The molecule has 2 aromatic heterocycles. The maximum atomic E-state index is 12.9. The number of halogens is 1. The van der Waals surface area contributed by atoms with Crippen LogP contribution in [0.5, 0.6) is 5.88 Å². The van der Waals surface area contributed by atoms with E-state index in [1.807, 2.05) is 17.5 Å². The number of thiophene rings is 1. The highest BCUT2D eigenvalue weighted by molar-refractivity contribution is 7.14. The average molecular weight is 358 g/mol. The van der Waals surface area contributed by atoms with E-state index in [0.29, 0.717) is 18.1 Å². The van der Waals surface area contributed by atoms with Crippen LogP contribution in [0.15, 0.2) is 53.9 Å². The summed E-state index contributed by atoms with van der Waals surface area (Å²) in [5, 5.41) is 16.1. The Hall–Kier alpha value is -3.00. The summed E-state index contributed by atoms with van der Waals surface area (Å²) in [5.74, 6) is 0.0543. The third-order valence-corrected chi connectivity index (χ3v) is 3.96. The van der Waals surface area contributed by atoms with Crippen molar-refractivity contribution in [1.29, 1.82) is 0 Å². The van der Waals surface area contributed by atoms with Crippen molar-refractivity contribution in [3.63, 3.8) is 0 Å². The van der Waals surface area contributed by atoms with Crippen LogP contribution in [0.3, 0.4) is 0 Å². The van der Waals surface area contributed by atoms with Crippen molar-refractivity contribution in [2.75, 3.05) is 18.5 Å². The maximum absolute atomic E-state index is 12.9. The zero-order valence-electron chi connectivity index (χ0n) is 13.1. The third-order valence-electron chi connectivity index (χ3n) is 3.18. The van der Waals surface area contributed by atoms with E-state index in [0.717, 1.165) is 10.6 Å². The molecule has 0 saturated carbocycles. The first-order valence-corrected chi connectivity index (χ1v) is 8.39. The number of anilines is 1. The minimum Gasteiger partial charge on any atom is -0.475 e. The fraction of sp³-hybridized carbons (Fsp3) is 0.118. The molecule has 0 radical (unpaired) electrons. The van der Waals surface area contributed by atoms with Gasteiger partial charge < -0.3 is 10.1 Å². The number of hydrogen-bond acceptors (Lipinski definition) is 5. The number of benzene rings is 1. The van der Waals surface area contributed by atoms with Gasteiger partial charge in [0.05, 0.1) is 17.2 Å². The van der Waals surface area contributed by atoms with E-state index >= 15 is 0 Å². The zero-order chi connectivity index (χ0) is 17.5. The second-order valence-electron chi connectivity index (χ2n) is 4.97. The van der Waals surface area contributed by atoms with Gasteiger partial charge in [0.2, 0.25) is 5.88 Å². The molecule has 3 aromatic rings. The molecule has 0 spiro atoms. The second-order valence-corrected chi connectivity index (χ2v) is 5.92. The van der Waals surface area contributed by atoms with Gasteiger partial charge in [-0.1, -0.05) is 0 Å². The molecule has 3 rings (SSSR count). The van der Waals surface area contributed by atoms with Crippen molar-refractivity contribution < 1.29 is 13.9 Å². The van der Waals surface area contributed by atoms with Crippen LogP contribution in [0.25, 0.3) is 11.3 Å². The molecule has 2 amide bonds. The molecule has 0 bridgehead atoms. The minimum absolute atomic E-state index is 0.266. The van der Waals surface area contributed by atoms with Crippen LogP contribution >= 0.6 is 11.3 Å². The van der Waals surface area contributed by atoms with Crippen LogP contribution in [0.2, 0.25) is 0 Å². The molecule has 2 N–H and O–H groups in total. The van der Waals surface area contributed by atoms with Crippen molar-refractivity contribution in [2.45, 2.75) is 0 Å². The lowest BCUT2D eigenvalue weighted by molar-refractivity contribution is 0.246. The second kappa shape index (κ2) is 8.20. The van der Waals surface area contributed by atoms with Gasteiger partial charge in [0.25, 0.3) is 0 Å². The molecular formula is C17H15FN4O2S. The van der Waals surface area contributed by atoms with Gasteiger partial charge in [0.15, 0.2) is 0 Å². The number of urea groups is 1. The monoisotopic (exact) mass is 358 g/mol. The molecule has 0 saturated heterocycles. The summed E-state index contributed by atoms with van der Waals surface area (Å²) >= 11 is 1.45. The molecule has 2 heterocycles. The normalized spacial score (nSPS) is 10.3. The van der Waals surface area contributed by atoms with Crippen molar-refractivity contribution >= 4 is 22.4 Å². The van der Waals surface area contributed by atoms with Crippen molar-refractivity contribution in [3.8, 4) is 17.1 Å². The predicted molar refractivity (Wildman–Crippen MR) is 94.3 cm³/mol. The van der Waals surface area contributed by atoms with Crippen molar-refractivity contribution in [2.24, 2.45) is 0 Å². The Morgan fingerprint density at radius 2 is 1.96 bits per heavy atom. The van der Waals surface area contributed by atoms with Gasteiger partial charge in [-0.3, -0.25) is 5.32 Å². The number of ether oxygens (including phenoxy) is 1. The van der Waals surface area contributed by atoms with Gasteiger partial charge in [0, 0.05) is 11.6 Å². The Labute approximate surface area is 147 Å². The van der Waals surface area contributed by atoms with Gasteiger partial charge in [-0.2, -0.15) is 0 Å². The van der Waals surface area contributed by atoms with Crippen LogP contribution < -0.4 is 15.4 Å². The molecule has 0 unspecified atom stereocenters. The Morgan fingerprint density at radius 3 is 2.64 bits per heavy atom. The smallest absolute Gasteiger partial charge is 0.319 e. The fourth-order valence-corrected chi connectivity index (χ4v) is 2.61. The number of hydrogen-bond donors (Lipinski definition) is 2. The number of nitrogens with zero attached hydrogens (tertiary/aromatic N) is 2. The number of amides is 2. The summed E-state index contributed by atoms with van der Waals surface area (Å²) in [5.41, 5.74) is 1.40. The molecule has 0 aliphatic rings. The molecule has 0 fully saturated rings. The average Bonchev–Trinajstić information content (AvgIpc) is 3.13. The van der Waals surface area contributed by atoms with Crippen molar-refractivity contribution in [3.05, 3.63) is 59.7 Å². The Bertz CT molecular complexity index is 808. The third kappa shape index (κ3) is 4.98. The van der Waals surface area contributed by atoms with E-state index in [1.165, 1.54) is 23.5 Å². The molecule has 128 valence electrons. The fourth-order valence-electron chi connectivity index (χ4n) is 2.00. The summed E-state index contributed by atoms with van der Waals surface area (Å²) < 4.78 is 18.3. The molecule has 0 aliphatic carbocycles. The lowest BCUT2D eigenvalue weighted by Gasteiger charge is -2.07. The summed E-state index contributed by atoms with van der Waals surface area (Å²) in [6.07, 6.45) is 0. The molecule has 0 aliphatic heterocycles. The number of rotatable bonds is 6. The predicted octanol–water partition coefficient (Wildman–Crippen LogP) is 3.54. The Kier molecular flexibility index (Phi) is 5.53. The number of carbonyl (C=O) groups is 1. The van der Waals surface area contributed by atoms with E-state index in [1.54, 1.807) is 24.3 Å². The van der Waals surface area contributed by atoms with Gasteiger partial charge >= 0.3 is 6.03 Å². The first-order chi connectivity index (χ1) is 12.2. The zero-order valence-corrected chi connectivity index (χ0v) is 13.9. The highest BCUT2D eigenvalue weighted by atomic mass is 32.1. The summed E-state index contributed by atoms with van der Waals surface area (Å²) in [7, 11) is 0. The molecule has 0 atom stereocenters. The van der Waals surface area contributed by atoms with E-state index in [2.05, 4.69) is 20.8 Å². The lowest BCUT2D eigenvalue weighted by atomic mass is 10.1. The van der Waals surface area contributed by atoms with Gasteiger partial charge in [0.1, 0.15) is 12.4 Å². The number of nitrogens with one attached hydrogen (secondary N) is 2.